The van der Waals surface area contributed by atoms with E-state index in [1.165, 1.54) is 0 Å². The quantitative estimate of drug-likeness (QED) is 0.890. The molecule has 0 aromatic heterocycles. The third-order valence-electron chi connectivity index (χ3n) is 4.01. The number of nitrogens with zero attached hydrogens (tertiary/aromatic N) is 1. The number of rotatable bonds is 2. The zero-order valence-electron chi connectivity index (χ0n) is 10.6. The van der Waals surface area contributed by atoms with Gasteiger partial charge in [0.25, 0.3) is 0 Å². The van der Waals surface area contributed by atoms with E-state index in [1.807, 2.05) is 29.2 Å². The van der Waals surface area contributed by atoms with Crippen molar-refractivity contribution in [3.05, 3.63) is 34.3 Å². The maximum absolute atomic E-state index is 12.2. The molecule has 0 saturated carbocycles. The summed E-state index contributed by atoms with van der Waals surface area (Å²) in [6.45, 7) is 4.03. The Morgan fingerprint density at radius 1 is 1.21 bits per heavy atom. The number of hydrogen-bond donors (Lipinski definition) is 1. The molecule has 0 unspecified atom stereocenters. The summed E-state index contributed by atoms with van der Waals surface area (Å²) in [5.41, 5.74) is 1.10. The van der Waals surface area contributed by atoms with Crippen molar-refractivity contribution in [1.82, 2.24) is 10.2 Å². The van der Waals surface area contributed by atoms with Crippen molar-refractivity contribution in [2.45, 2.75) is 6.42 Å². The first-order chi connectivity index (χ1) is 8.72. The van der Waals surface area contributed by atoms with E-state index in [1.54, 1.807) is 0 Å². The summed E-state index contributed by atoms with van der Waals surface area (Å²) in [7, 11) is 0. The largest absolute Gasteiger partial charge is 0.342 e. The van der Waals surface area contributed by atoms with Gasteiger partial charge in [-0.15, -0.1) is 12.4 Å². The Morgan fingerprint density at radius 2 is 1.79 bits per heavy atom. The van der Waals surface area contributed by atoms with Gasteiger partial charge in [-0.1, -0.05) is 28.1 Å². The van der Waals surface area contributed by atoms with Crippen molar-refractivity contribution >= 4 is 34.2 Å². The Morgan fingerprint density at radius 3 is 2.37 bits per heavy atom. The van der Waals surface area contributed by atoms with Crippen LogP contribution in [-0.2, 0) is 11.2 Å². The fourth-order valence-electron chi connectivity index (χ4n) is 2.95. The van der Waals surface area contributed by atoms with E-state index in [0.717, 1.165) is 36.2 Å². The Hall–Kier alpha value is -0.580. The molecule has 0 radical (unpaired) electrons. The standard InChI is InChI=1S/C14H17BrN2O.ClH/c15-13-3-1-10(2-4-13)5-14(18)17-8-11-6-16-7-12(11)9-17;/h1-4,11-12,16H,5-9H2;1H/t11-,12+;. The number of likely N-dealkylation sites (tertiary alicyclic amines) is 1. The van der Waals surface area contributed by atoms with Crippen LogP contribution in [0.15, 0.2) is 28.7 Å². The minimum atomic E-state index is 0. The van der Waals surface area contributed by atoms with Gasteiger partial charge in [0.1, 0.15) is 0 Å². The summed E-state index contributed by atoms with van der Waals surface area (Å²) < 4.78 is 1.06. The van der Waals surface area contributed by atoms with Crippen LogP contribution in [0.3, 0.4) is 0 Å². The molecule has 2 fully saturated rings. The molecule has 2 aliphatic rings. The summed E-state index contributed by atoms with van der Waals surface area (Å²) in [5, 5.41) is 3.40. The fourth-order valence-corrected chi connectivity index (χ4v) is 3.21. The average Bonchev–Trinajstić information content (AvgIpc) is 2.92. The molecule has 0 spiro atoms. The van der Waals surface area contributed by atoms with Gasteiger partial charge >= 0.3 is 0 Å². The van der Waals surface area contributed by atoms with Crippen molar-refractivity contribution in [3.8, 4) is 0 Å². The van der Waals surface area contributed by atoms with E-state index in [0.29, 0.717) is 18.3 Å². The summed E-state index contributed by atoms with van der Waals surface area (Å²) in [4.78, 5) is 14.3. The average molecular weight is 346 g/mol. The van der Waals surface area contributed by atoms with Gasteiger partial charge in [0, 0.05) is 30.7 Å². The van der Waals surface area contributed by atoms with E-state index in [4.69, 9.17) is 0 Å². The molecular formula is C14H18BrClN2O. The van der Waals surface area contributed by atoms with Gasteiger partial charge in [-0.2, -0.15) is 0 Å². The van der Waals surface area contributed by atoms with Gasteiger partial charge in [-0.25, -0.2) is 0 Å². The van der Waals surface area contributed by atoms with E-state index in [-0.39, 0.29) is 18.3 Å². The lowest BCUT2D eigenvalue weighted by atomic mass is 10.0. The first-order valence-corrected chi connectivity index (χ1v) is 7.24. The molecule has 3 nitrogen and oxygen atoms in total. The second-order valence-corrected chi connectivity index (χ2v) is 6.20. The van der Waals surface area contributed by atoms with Crippen molar-refractivity contribution in [3.63, 3.8) is 0 Å². The lowest BCUT2D eigenvalue weighted by Crippen LogP contribution is -2.32. The van der Waals surface area contributed by atoms with Crippen molar-refractivity contribution < 1.29 is 4.79 Å². The van der Waals surface area contributed by atoms with Crippen molar-refractivity contribution in [1.29, 1.82) is 0 Å². The van der Waals surface area contributed by atoms with E-state index in [2.05, 4.69) is 21.2 Å². The third-order valence-corrected chi connectivity index (χ3v) is 4.54. The Kier molecular flexibility index (Phi) is 4.87. The molecule has 2 aliphatic heterocycles. The number of nitrogens with one attached hydrogen (secondary N) is 1. The molecule has 3 rings (SSSR count). The van der Waals surface area contributed by atoms with Crippen LogP contribution in [0, 0.1) is 11.8 Å². The van der Waals surface area contributed by atoms with Crippen LogP contribution >= 0.6 is 28.3 Å². The highest BCUT2D eigenvalue weighted by Gasteiger charge is 2.37. The monoisotopic (exact) mass is 344 g/mol. The molecule has 0 bridgehead atoms. The normalized spacial score (nSPS) is 25.0. The van der Waals surface area contributed by atoms with Gasteiger partial charge in [0.2, 0.25) is 5.91 Å². The summed E-state index contributed by atoms with van der Waals surface area (Å²) in [6.07, 6.45) is 0.528. The van der Waals surface area contributed by atoms with Gasteiger partial charge in [-0.3, -0.25) is 4.79 Å². The Labute approximate surface area is 128 Å². The first kappa shape index (κ1) is 14.8. The minimum absolute atomic E-state index is 0. The molecule has 19 heavy (non-hydrogen) atoms. The number of carbonyl (C=O) groups excluding carboxylic acids is 1. The zero-order chi connectivity index (χ0) is 12.5. The predicted octanol–water partition coefficient (Wildman–Crippen LogP) is 2.09. The summed E-state index contributed by atoms with van der Waals surface area (Å²) >= 11 is 3.41. The van der Waals surface area contributed by atoms with Crippen LogP contribution in [0.5, 0.6) is 0 Å². The second kappa shape index (κ2) is 6.25. The Balaban J connectivity index is 0.00000133. The fraction of sp³-hybridized carbons (Fsp3) is 0.500. The maximum atomic E-state index is 12.2. The van der Waals surface area contributed by atoms with Gasteiger partial charge < -0.3 is 10.2 Å². The maximum Gasteiger partial charge on any atom is 0.227 e. The van der Waals surface area contributed by atoms with Crippen LogP contribution in [0.1, 0.15) is 5.56 Å². The number of benzene rings is 1. The minimum Gasteiger partial charge on any atom is -0.342 e. The first-order valence-electron chi connectivity index (χ1n) is 6.45. The van der Waals surface area contributed by atoms with Crippen LogP contribution < -0.4 is 5.32 Å². The van der Waals surface area contributed by atoms with Crippen LogP contribution in [0.25, 0.3) is 0 Å². The molecule has 2 saturated heterocycles. The van der Waals surface area contributed by atoms with Crippen LogP contribution in [0.4, 0.5) is 0 Å². The van der Waals surface area contributed by atoms with Crippen molar-refractivity contribution in [2.24, 2.45) is 11.8 Å². The number of halogens is 2. The van der Waals surface area contributed by atoms with E-state index in [9.17, 15) is 4.79 Å². The molecule has 5 heteroatoms. The lowest BCUT2D eigenvalue weighted by Gasteiger charge is -2.17. The number of hydrogen-bond acceptors (Lipinski definition) is 2. The predicted molar refractivity (Wildman–Crippen MR) is 81.5 cm³/mol. The van der Waals surface area contributed by atoms with Crippen LogP contribution in [0.2, 0.25) is 0 Å². The lowest BCUT2D eigenvalue weighted by molar-refractivity contribution is -0.129. The zero-order valence-corrected chi connectivity index (χ0v) is 13.0. The van der Waals surface area contributed by atoms with Crippen LogP contribution in [-0.4, -0.2) is 37.0 Å². The molecule has 1 N–H and O–H groups in total. The highest BCUT2D eigenvalue weighted by Crippen LogP contribution is 2.26. The highest BCUT2D eigenvalue weighted by atomic mass is 79.9. The third kappa shape index (κ3) is 3.30. The smallest absolute Gasteiger partial charge is 0.227 e. The summed E-state index contributed by atoms with van der Waals surface area (Å²) in [6, 6.07) is 8.01. The molecule has 2 atom stereocenters. The molecule has 0 aliphatic carbocycles. The topological polar surface area (TPSA) is 32.3 Å². The number of fused-ring (bicyclic) bond motifs is 1. The highest BCUT2D eigenvalue weighted by molar-refractivity contribution is 9.10. The van der Waals surface area contributed by atoms with E-state index < -0.39 is 0 Å². The van der Waals surface area contributed by atoms with Crippen molar-refractivity contribution in [2.75, 3.05) is 26.2 Å². The number of amides is 1. The Bertz CT molecular complexity index is 439. The molecule has 1 aromatic rings. The molecule has 1 amide bonds. The second-order valence-electron chi connectivity index (χ2n) is 5.28. The molecular weight excluding hydrogens is 328 g/mol. The summed E-state index contributed by atoms with van der Waals surface area (Å²) in [5.74, 6) is 1.63. The van der Waals surface area contributed by atoms with Gasteiger partial charge in [0.15, 0.2) is 0 Å². The molecule has 2 heterocycles. The van der Waals surface area contributed by atoms with E-state index >= 15 is 0 Å². The van der Waals surface area contributed by atoms with Gasteiger partial charge in [0.05, 0.1) is 6.42 Å². The SMILES string of the molecule is Cl.O=C(Cc1ccc(Br)cc1)N1C[C@H]2CNC[C@H]2C1. The molecule has 1 aromatic carbocycles. The number of carbonyl (C=O) groups is 1. The van der Waals surface area contributed by atoms with Gasteiger partial charge in [-0.05, 0) is 29.5 Å². The molecule has 104 valence electrons.